The number of hydrogen-bond acceptors (Lipinski definition) is 5. The van der Waals surface area contributed by atoms with Gasteiger partial charge >= 0.3 is 0 Å². The number of nitrogens with zero attached hydrogens (tertiary/aromatic N) is 3. The molecule has 2 N–H and O–H groups in total. The van der Waals surface area contributed by atoms with Crippen LogP contribution in [0.5, 0.6) is 0 Å². The molecule has 0 aliphatic heterocycles. The molecule has 0 radical (unpaired) electrons. The Hall–Kier alpha value is -1.75. The van der Waals surface area contributed by atoms with Gasteiger partial charge in [0.05, 0.1) is 5.41 Å². The van der Waals surface area contributed by atoms with Crippen LogP contribution in [0.4, 0.5) is 0 Å². The van der Waals surface area contributed by atoms with E-state index in [-0.39, 0.29) is 5.41 Å². The Morgan fingerprint density at radius 3 is 2.78 bits per heavy atom. The summed E-state index contributed by atoms with van der Waals surface area (Å²) in [6.07, 6.45) is 3.25. The van der Waals surface area contributed by atoms with E-state index >= 15 is 0 Å². The molecule has 0 unspecified atom stereocenters. The monoisotopic (exact) mass is 244 g/mol. The molecular weight excluding hydrogens is 228 g/mol. The van der Waals surface area contributed by atoms with Crippen molar-refractivity contribution in [1.29, 1.82) is 0 Å². The van der Waals surface area contributed by atoms with Crippen molar-refractivity contribution in [2.24, 2.45) is 5.73 Å². The second kappa shape index (κ2) is 4.17. The molecule has 5 heteroatoms. The van der Waals surface area contributed by atoms with Crippen molar-refractivity contribution >= 4 is 0 Å². The molecule has 94 valence electrons. The first kappa shape index (κ1) is 11.3. The highest BCUT2D eigenvalue weighted by atomic mass is 16.5. The molecule has 2 heterocycles. The van der Waals surface area contributed by atoms with E-state index in [0.29, 0.717) is 18.3 Å². The van der Waals surface area contributed by atoms with Gasteiger partial charge in [0, 0.05) is 12.2 Å². The van der Waals surface area contributed by atoms with Crippen molar-refractivity contribution in [3.63, 3.8) is 0 Å². The molecule has 0 bridgehead atoms. The second-order valence-corrected chi connectivity index (χ2v) is 4.93. The SMILES string of the molecule is Cc1cccc(-c2noc(C3(CN)CCC3)n2)n1. The van der Waals surface area contributed by atoms with E-state index in [2.05, 4.69) is 15.1 Å². The number of nitrogens with two attached hydrogens (primary N) is 1. The molecule has 0 amide bonds. The van der Waals surface area contributed by atoms with Crippen molar-refractivity contribution in [3.8, 4) is 11.5 Å². The van der Waals surface area contributed by atoms with Crippen molar-refractivity contribution in [1.82, 2.24) is 15.1 Å². The predicted octanol–water partition coefficient (Wildman–Crippen LogP) is 1.82. The summed E-state index contributed by atoms with van der Waals surface area (Å²) in [4.78, 5) is 8.86. The molecule has 1 fully saturated rings. The molecule has 0 aromatic carbocycles. The van der Waals surface area contributed by atoms with E-state index in [1.54, 1.807) is 0 Å². The van der Waals surface area contributed by atoms with Crippen LogP contribution in [0.3, 0.4) is 0 Å². The highest BCUT2D eigenvalue weighted by Gasteiger charge is 2.42. The summed E-state index contributed by atoms with van der Waals surface area (Å²) in [5.74, 6) is 1.21. The molecule has 0 saturated heterocycles. The largest absolute Gasteiger partial charge is 0.338 e. The minimum atomic E-state index is -0.0882. The maximum absolute atomic E-state index is 5.83. The lowest BCUT2D eigenvalue weighted by Crippen LogP contribution is -2.41. The minimum Gasteiger partial charge on any atom is -0.338 e. The number of aromatic nitrogens is 3. The molecule has 2 aromatic heterocycles. The molecular formula is C13H16N4O. The van der Waals surface area contributed by atoms with Crippen LogP contribution in [-0.2, 0) is 5.41 Å². The predicted molar refractivity (Wildman–Crippen MR) is 66.8 cm³/mol. The van der Waals surface area contributed by atoms with Gasteiger partial charge in [-0.3, -0.25) is 0 Å². The zero-order chi connectivity index (χ0) is 12.6. The molecule has 0 atom stereocenters. The Kier molecular flexibility index (Phi) is 2.63. The van der Waals surface area contributed by atoms with Crippen LogP contribution in [0.25, 0.3) is 11.5 Å². The number of aryl methyl sites for hydroxylation is 1. The standard InChI is InChI=1S/C13H16N4O/c1-9-4-2-5-10(15-9)11-16-12(18-17-11)13(8-14)6-3-7-13/h2,4-5H,3,6-8,14H2,1H3. The molecule has 1 aliphatic carbocycles. The smallest absolute Gasteiger partial charge is 0.234 e. The van der Waals surface area contributed by atoms with Gasteiger partial charge in [0.15, 0.2) is 0 Å². The van der Waals surface area contributed by atoms with Gasteiger partial charge in [-0.05, 0) is 31.9 Å². The van der Waals surface area contributed by atoms with E-state index in [9.17, 15) is 0 Å². The number of hydrogen-bond donors (Lipinski definition) is 1. The molecule has 3 rings (SSSR count). The first-order chi connectivity index (χ1) is 8.73. The maximum atomic E-state index is 5.83. The van der Waals surface area contributed by atoms with Crippen LogP contribution in [-0.4, -0.2) is 21.7 Å². The van der Waals surface area contributed by atoms with E-state index < -0.39 is 0 Å². The third-order valence-electron chi connectivity index (χ3n) is 3.70. The fraction of sp³-hybridized carbons (Fsp3) is 0.462. The van der Waals surface area contributed by atoms with Gasteiger partial charge in [0.2, 0.25) is 11.7 Å². The summed E-state index contributed by atoms with van der Waals surface area (Å²) in [5, 5.41) is 4.02. The van der Waals surface area contributed by atoms with Crippen LogP contribution < -0.4 is 5.73 Å². The Morgan fingerprint density at radius 1 is 1.33 bits per heavy atom. The van der Waals surface area contributed by atoms with Crippen molar-refractivity contribution < 1.29 is 4.52 Å². The average molecular weight is 244 g/mol. The van der Waals surface area contributed by atoms with Crippen molar-refractivity contribution in [2.45, 2.75) is 31.6 Å². The van der Waals surface area contributed by atoms with Crippen LogP contribution in [0.15, 0.2) is 22.7 Å². The fourth-order valence-electron chi connectivity index (χ4n) is 2.32. The summed E-state index contributed by atoms with van der Waals surface area (Å²) >= 11 is 0. The quantitative estimate of drug-likeness (QED) is 0.891. The Bertz CT molecular complexity index is 554. The Labute approximate surface area is 105 Å². The lowest BCUT2D eigenvalue weighted by atomic mass is 9.69. The van der Waals surface area contributed by atoms with Gasteiger partial charge in [-0.1, -0.05) is 17.6 Å². The van der Waals surface area contributed by atoms with Gasteiger partial charge in [-0.15, -0.1) is 0 Å². The van der Waals surface area contributed by atoms with Gasteiger partial charge in [0.1, 0.15) is 5.69 Å². The van der Waals surface area contributed by atoms with Crippen molar-refractivity contribution in [2.75, 3.05) is 6.54 Å². The molecule has 0 spiro atoms. The number of pyridine rings is 1. The summed E-state index contributed by atoms with van der Waals surface area (Å²) in [5.41, 5.74) is 7.43. The Balaban J connectivity index is 1.94. The summed E-state index contributed by atoms with van der Waals surface area (Å²) < 4.78 is 5.38. The lowest BCUT2D eigenvalue weighted by Gasteiger charge is -2.36. The molecule has 5 nitrogen and oxygen atoms in total. The zero-order valence-electron chi connectivity index (χ0n) is 10.4. The maximum Gasteiger partial charge on any atom is 0.234 e. The lowest BCUT2D eigenvalue weighted by molar-refractivity contribution is 0.182. The molecule has 1 aliphatic rings. The summed E-state index contributed by atoms with van der Waals surface area (Å²) in [6, 6.07) is 5.77. The van der Waals surface area contributed by atoms with Crippen LogP contribution >= 0.6 is 0 Å². The van der Waals surface area contributed by atoms with E-state index in [4.69, 9.17) is 10.3 Å². The van der Waals surface area contributed by atoms with E-state index in [0.717, 1.165) is 24.2 Å². The van der Waals surface area contributed by atoms with Gasteiger partial charge < -0.3 is 10.3 Å². The highest BCUT2D eigenvalue weighted by Crippen LogP contribution is 2.42. The average Bonchev–Trinajstić information content (AvgIpc) is 2.78. The minimum absolute atomic E-state index is 0.0882. The Morgan fingerprint density at radius 2 is 2.17 bits per heavy atom. The molecule has 2 aromatic rings. The summed E-state index contributed by atoms with van der Waals surface area (Å²) in [7, 11) is 0. The first-order valence-electron chi connectivity index (χ1n) is 6.22. The van der Waals surface area contributed by atoms with Gasteiger partial charge in [0.25, 0.3) is 0 Å². The third-order valence-corrected chi connectivity index (χ3v) is 3.70. The zero-order valence-corrected chi connectivity index (χ0v) is 10.4. The third kappa shape index (κ3) is 1.71. The first-order valence-corrected chi connectivity index (χ1v) is 6.22. The van der Waals surface area contributed by atoms with Crippen molar-refractivity contribution in [3.05, 3.63) is 29.8 Å². The fourth-order valence-corrected chi connectivity index (χ4v) is 2.32. The van der Waals surface area contributed by atoms with E-state index in [1.165, 1.54) is 6.42 Å². The van der Waals surface area contributed by atoms with Gasteiger partial charge in [-0.2, -0.15) is 4.98 Å². The van der Waals surface area contributed by atoms with E-state index in [1.807, 2.05) is 25.1 Å². The molecule has 1 saturated carbocycles. The van der Waals surface area contributed by atoms with Crippen LogP contribution in [0, 0.1) is 6.92 Å². The van der Waals surface area contributed by atoms with Crippen LogP contribution in [0.2, 0.25) is 0 Å². The van der Waals surface area contributed by atoms with Gasteiger partial charge in [-0.25, -0.2) is 4.98 Å². The normalized spacial score (nSPS) is 17.4. The number of rotatable bonds is 3. The van der Waals surface area contributed by atoms with Crippen LogP contribution in [0.1, 0.15) is 30.8 Å². The highest BCUT2D eigenvalue weighted by molar-refractivity contribution is 5.48. The second-order valence-electron chi connectivity index (χ2n) is 4.93. The topological polar surface area (TPSA) is 77.8 Å². The molecule has 18 heavy (non-hydrogen) atoms. The summed E-state index contributed by atoms with van der Waals surface area (Å²) in [6.45, 7) is 2.51.